The molecule has 84 valence electrons. The predicted molar refractivity (Wildman–Crippen MR) is 54.2 cm³/mol. The minimum absolute atomic E-state index is 0.0735. The Morgan fingerprint density at radius 3 is 2.86 bits per heavy atom. The average molecular weight is 203 g/mol. The van der Waals surface area contributed by atoms with Crippen LogP contribution in [-0.4, -0.2) is 44.8 Å². The first-order chi connectivity index (χ1) is 6.74. The molecule has 3 atom stereocenters. The Bertz CT molecular complexity index is 148. The summed E-state index contributed by atoms with van der Waals surface area (Å²) in [5, 5.41) is 3.28. The van der Waals surface area contributed by atoms with E-state index in [4.69, 9.17) is 14.2 Å². The zero-order valence-electron chi connectivity index (χ0n) is 9.29. The molecule has 0 aliphatic carbocycles. The molecule has 1 heterocycles. The highest BCUT2D eigenvalue weighted by Gasteiger charge is 2.22. The van der Waals surface area contributed by atoms with Gasteiger partial charge in [0, 0.05) is 19.7 Å². The summed E-state index contributed by atoms with van der Waals surface area (Å²) in [6.07, 6.45) is 0.0662. The van der Waals surface area contributed by atoms with E-state index in [2.05, 4.69) is 5.32 Å². The standard InChI is InChI=1S/C10H21NO3/c1-4-12-9(3)14-8(2)10-7-11-5-6-13-10/h8-11H,4-7H2,1-3H3. The van der Waals surface area contributed by atoms with Gasteiger partial charge in [0.25, 0.3) is 0 Å². The number of nitrogens with one attached hydrogen (secondary N) is 1. The van der Waals surface area contributed by atoms with Crippen LogP contribution < -0.4 is 5.32 Å². The Kier molecular flexibility index (Phi) is 5.40. The van der Waals surface area contributed by atoms with Crippen LogP contribution in [0.25, 0.3) is 0 Å². The van der Waals surface area contributed by atoms with Crippen molar-refractivity contribution in [3.05, 3.63) is 0 Å². The number of ether oxygens (including phenoxy) is 3. The average Bonchev–Trinajstić information content (AvgIpc) is 2.19. The van der Waals surface area contributed by atoms with Crippen LogP contribution in [0, 0.1) is 0 Å². The third-order valence-corrected chi connectivity index (χ3v) is 2.29. The zero-order valence-corrected chi connectivity index (χ0v) is 9.29. The topological polar surface area (TPSA) is 39.7 Å². The first-order valence-electron chi connectivity index (χ1n) is 5.33. The molecular formula is C10H21NO3. The molecular weight excluding hydrogens is 182 g/mol. The van der Waals surface area contributed by atoms with Crippen molar-refractivity contribution in [1.82, 2.24) is 5.32 Å². The second kappa shape index (κ2) is 6.35. The summed E-state index contributed by atoms with van der Waals surface area (Å²) in [7, 11) is 0. The van der Waals surface area contributed by atoms with E-state index < -0.39 is 0 Å². The molecule has 0 bridgehead atoms. The molecule has 14 heavy (non-hydrogen) atoms. The fraction of sp³-hybridized carbons (Fsp3) is 1.00. The van der Waals surface area contributed by atoms with Crippen LogP contribution in [0.4, 0.5) is 0 Å². The van der Waals surface area contributed by atoms with E-state index in [0.29, 0.717) is 6.61 Å². The lowest BCUT2D eigenvalue weighted by atomic mass is 10.2. The number of rotatable bonds is 5. The molecule has 4 nitrogen and oxygen atoms in total. The Hall–Kier alpha value is -0.160. The van der Waals surface area contributed by atoms with E-state index in [9.17, 15) is 0 Å². The van der Waals surface area contributed by atoms with Crippen LogP contribution in [0.2, 0.25) is 0 Å². The van der Waals surface area contributed by atoms with E-state index in [1.165, 1.54) is 0 Å². The SMILES string of the molecule is CCOC(C)OC(C)C1CNCCO1. The van der Waals surface area contributed by atoms with Crippen molar-refractivity contribution >= 4 is 0 Å². The van der Waals surface area contributed by atoms with Gasteiger partial charge in [-0.3, -0.25) is 0 Å². The van der Waals surface area contributed by atoms with Crippen molar-refractivity contribution in [2.45, 2.75) is 39.3 Å². The van der Waals surface area contributed by atoms with Gasteiger partial charge in [-0.05, 0) is 20.8 Å². The van der Waals surface area contributed by atoms with E-state index in [1.807, 2.05) is 20.8 Å². The molecule has 1 rings (SSSR count). The maximum Gasteiger partial charge on any atom is 0.155 e. The van der Waals surface area contributed by atoms with E-state index in [1.54, 1.807) is 0 Å². The van der Waals surface area contributed by atoms with Crippen LogP contribution in [0.15, 0.2) is 0 Å². The van der Waals surface area contributed by atoms with Gasteiger partial charge in [0.1, 0.15) is 0 Å². The molecule has 1 saturated heterocycles. The van der Waals surface area contributed by atoms with Crippen LogP contribution in [-0.2, 0) is 14.2 Å². The molecule has 0 saturated carbocycles. The summed E-state index contributed by atoms with van der Waals surface area (Å²) in [4.78, 5) is 0. The molecule has 0 amide bonds. The summed E-state index contributed by atoms with van der Waals surface area (Å²) < 4.78 is 16.5. The maximum atomic E-state index is 5.64. The van der Waals surface area contributed by atoms with Crippen molar-refractivity contribution in [2.24, 2.45) is 0 Å². The quantitative estimate of drug-likeness (QED) is 0.670. The van der Waals surface area contributed by atoms with Crippen LogP contribution in [0.5, 0.6) is 0 Å². The largest absolute Gasteiger partial charge is 0.373 e. The number of hydrogen-bond donors (Lipinski definition) is 1. The van der Waals surface area contributed by atoms with E-state index in [0.717, 1.165) is 19.7 Å². The van der Waals surface area contributed by atoms with Gasteiger partial charge < -0.3 is 19.5 Å². The van der Waals surface area contributed by atoms with Crippen LogP contribution >= 0.6 is 0 Å². The Labute approximate surface area is 85.9 Å². The number of hydrogen-bond acceptors (Lipinski definition) is 4. The monoisotopic (exact) mass is 203 g/mol. The molecule has 0 spiro atoms. The lowest BCUT2D eigenvalue weighted by Gasteiger charge is -2.30. The lowest BCUT2D eigenvalue weighted by Crippen LogP contribution is -2.46. The molecule has 3 unspecified atom stereocenters. The van der Waals surface area contributed by atoms with Gasteiger partial charge in [0.05, 0.1) is 18.8 Å². The molecule has 0 aromatic rings. The zero-order chi connectivity index (χ0) is 10.4. The van der Waals surface area contributed by atoms with Gasteiger partial charge in [-0.2, -0.15) is 0 Å². The first kappa shape index (κ1) is 11.9. The summed E-state index contributed by atoms with van der Waals surface area (Å²) in [6, 6.07) is 0. The van der Waals surface area contributed by atoms with Crippen molar-refractivity contribution in [3.8, 4) is 0 Å². The van der Waals surface area contributed by atoms with E-state index in [-0.39, 0.29) is 18.5 Å². The molecule has 1 aliphatic rings. The molecule has 0 radical (unpaired) electrons. The van der Waals surface area contributed by atoms with Crippen molar-refractivity contribution in [2.75, 3.05) is 26.3 Å². The summed E-state index contributed by atoms with van der Waals surface area (Å²) >= 11 is 0. The third kappa shape index (κ3) is 3.92. The van der Waals surface area contributed by atoms with Gasteiger partial charge in [0.15, 0.2) is 6.29 Å². The van der Waals surface area contributed by atoms with Gasteiger partial charge >= 0.3 is 0 Å². The molecule has 0 aromatic heterocycles. The highest BCUT2D eigenvalue weighted by atomic mass is 16.7. The van der Waals surface area contributed by atoms with Crippen molar-refractivity contribution in [3.63, 3.8) is 0 Å². The summed E-state index contributed by atoms with van der Waals surface area (Å²) in [5.41, 5.74) is 0. The normalized spacial score (nSPS) is 27.2. The summed E-state index contributed by atoms with van der Waals surface area (Å²) in [5.74, 6) is 0. The van der Waals surface area contributed by atoms with Crippen molar-refractivity contribution < 1.29 is 14.2 Å². The maximum absolute atomic E-state index is 5.64. The van der Waals surface area contributed by atoms with Gasteiger partial charge in [-0.15, -0.1) is 0 Å². The Morgan fingerprint density at radius 2 is 2.29 bits per heavy atom. The Balaban J connectivity index is 2.21. The van der Waals surface area contributed by atoms with Gasteiger partial charge in [0.2, 0.25) is 0 Å². The van der Waals surface area contributed by atoms with E-state index >= 15 is 0 Å². The molecule has 4 heteroatoms. The molecule has 0 aromatic carbocycles. The molecule has 1 N–H and O–H groups in total. The van der Waals surface area contributed by atoms with Gasteiger partial charge in [-0.25, -0.2) is 0 Å². The second-order valence-electron chi connectivity index (χ2n) is 3.48. The second-order valence-corrected chi connectivity index (χ2v) is 3.48. The highest BCUT2D eigenvalue weighted by molar-refractivity contribution is 4.73. The minimum atomic E-state index is -0.152. The van der Waals surface area contributed by atoms with Gasteiger partial charge in [-0.1, -0.05) is 0 Å². The fourth-order valence-electron chi connectivity index (χ4n) is 1.55. The first-order valence-corrected chi connectivity index (χ1v) is 5.33. The van der Waals surface area contributed by atoms with Crippen molar-refractivity contribution in [1.29, 1.82) is 0 Å². The molecule has 1 fully saturated rings. The lowest BCUT2D eigenvalue weighted by molar-refractivity contribution is -0.185. The number of morpholine rings is 1. The highest BCUT2D eigenvalue weighted by Crippen LogP contribution is 2.09. The minimum Gasteiger partial charge on any atom is -0.373 e. The smallest absolute Gasteiger partial charge is 0.155 e. The van der Waals surface area contributed by atoms with Crippen LogP contribution in [0.1, 0.15) is 20.8 Å². The van der Waals surface area contributed by atoms with Crippen LogP contribution in [0.3, 0.4) is 0 Å². The predicted octanol–water partition coefficient (Wildman–Crippen LogP) is 0.762. The summed E-state index contributed by atoms with van der Waals surface area (Å²) in [6.45, 7) is 9.13. The Morgan fingerprint density at radius 1 is 1.50 bits per heavy atom. The third-order valence-electron chi connectivity index (χ3n) is 2.29. The fourth-order valence-corrected chi connectivity index (χ4v) is 1.55. The molecule has 1 aliphatic heterocycles.